The zero-order valence-electron chi connectivity index (χ0n) is 18.2. The van der Waals surface area contributed by atoms with Crippen molar-refractivity contribution in [1.82, 2.24) is 14.7 Å². The van der Waals surface area contributed by atoms with Crippen LogP contribution in [0.5, 0.6) is 5.75 Å². The fourth-order valence-electron chi connectivity index (χ4n) is 4.74. The summed E-state index contributed by atoms with van der Waals surface area (Å²) < 4.78 is 6.84. The number of carbonyl (C=O) groups is 1. The van der Waals surface area contributed by atoms with E-state index in [0.29, 0.717) is 13.1 Å². The number of piperidine rings is 1. The molecule has 0 N–H and O–H groups in total. The van der Waals surface area contributed by atoms with E-state index >= 15 is 0 Å². The number of rotatable bonds is 6. The molecule has 0 spiro atoms. The van der Waals surface area contributed by atoms with E-state index in [1.807, 2.05) is 46.7 Å². The smallest absolute Gasteiger partial charge is 0.266 e. The molecule has 0 unspecified atom stereocenters. The summed E-state index contributed by atoms with van der Waals surface area (Å²) in [5.74, 6) is 1.25. The number of benzene rings is 1. The van der Waals surface area contributed by atoms with Gasteiger partial charge in [-0.05, 0) is 66.8 Å². The van der Waals surface area contributed by atoms with Gasteiger partial charge in [-0.25, -0.2) is 4.68 Å². The van der Waals surface area contributed by atoms with Gasteiger partial charge in [0, 0.05) is 25.7 Å². The molecule has 1 aliphatic carbocycles. The van der Waals surface area contributed by atoms with Gasteiger partial charge >= 0.3 is 0 Å². The fourth-order valence-corrected chi connectivity index (χ4v) is 5.43. The van der Waals surface area contributed by atoms with E-state index in [4.69, 9.17) is 4.74 Å². The number of likely N-dealkylation sites (tertiary alicyclic amines) is 1. The van der Waals surface area contributed by atoms with E-state index in [9.17, 15) is 9.59 Å². The second-order valence-corrected chi connectivity index (χ2v) is 9.73. The third kappa shape index (κ3) is 3.97. The van der Waals surface area contributed by atoms with E-state index < -0.39 is 0 Å². The second-order valence-electron chi connectivity index (χ2n) is 8.79. The molecule has 1 aliphatic heterocycles. The van der Waals surface area contributed by atoms with Crippen LogP contribution in [0.4, 0.5) is 0 Å². The zero-order chi connectivity index (χ0) is 22.1. The third-order valence-electron chi connectivity index (χ3n) is 6.68. The van der Waals surface area contributed by atoms with Crippen LogP contribution in [0.15, 0.2) is 58.7 Å². The van der Waals surface area contributed by atoms with Crippen molar-refractivity contribution >= 4 is 17.2 Å². The molecule has 1 saturated carbocycles. The topological polar surface area (TPSA) is 64.4 Å². The average Bonchev–Trinajstić information content (AvgIpc) is 3.46. The molecule has 2 aliphatic rings. The lowest BCUT2D eigenvalue weighted by Gasteiger charge is -2.35. The summed E-state index contributed by atoms with van der Waals surface area (Å²) in [6.07, 6.45) is 3.73. The minimum Gasteiger partial charge on any atom is -0.497 e. The van der Waals surface area contributed by atoms with Crippen LogP contribution < -0.4 is 10.3 Å². The molecule has 6 nitrogen and oxygen atoms in total. The van der Waals surface area contributed by atoms with Crippen molar-refractivity contribution in [1.29, 1.82) is 0 Å². The number of hydrogen-bond acceptors (Lipinski definition) is 5. The van der Waals surface area contributed by atoms with Crippen molar-refractivity contribution in [2.45, 2.75) is 37.6 Å². The number of aromatic nitrogens is 2. The molecule has 3 aromatic rings. The van der Waals surface area contributed by atoms with Crippen molar-refractivity contribution in [2.75, 3.05) is 20.2 Å². The van der Waals surface area contributed by atoms with Crippen molar-refractivity contribution in [3.05, 3.63) is 69.8 Å². The first kappa shape index (κ1) is 20.9. The molecule has 7 heteroatoms. The van der Waals surface area contributed by atoms with Gasteiger partial charge in [-0.2, -0.15) is 5.10 Å². The van der Waals surface area contributed by atoms with Crippen molar-refractivity contribution in [3.8, 4) is 16.3 Å². The molecule has 0 radical (unpaired) electrons. The molecular formula is C25H27N3O3S. The minimum absolute atomic E-state index is 0.0920. The lowest BCUT2D eigenvalue weighted by Crippen LogP contribution is -2.46. The molecule has 5 rings (SSSR count). The fraction of sp³-hybridized carbons (Fsp3) is 0.400. The van der Waals surface area contributed by atoms with Crippen molar-refractivity contribution < 1.29 is 9.53 Å². The number of amides is 1. The maximum atomic E-state index is 13.5. The van der Waals surface area contributed by atoms with Crippen LogP contribution in [0.1, 0.15) is 31.2 Å². The Morgan fingerprint density at radius 2 is 2.00 bits per heavy atom. The summed E-state index contributed by atoms with van der Waals surface area (Å²) in [6, 6.07) is 15.3. The highest BCUT2D eigenvalue weighted by Gasteiger charge is 2.53. The predicted octanol–water partition coefficient (Wildman–Crippen LogP) is 3.95. The molecule has 3 heterocycles. The molecule has 1 amide bonds. The summed E-state index contributed by atoms with van der Waals surface area (Å²) in [7, 11) is 1.65. The van der Waals surface area contributed by atoms with Crippen molar-refractivity contribution in [3.63, 3.8) is 0 Å². The number of nitrogens with zero attached hydrogens (tertiary/aromatic N) is 3. The van der Waals surface area contributed by atoms with Crippen LogP contribution in [0.2, 0.25) is 0 Å². The lowest BCUT2D eigenvalue weighted by atomic mass is 9.91. The standard InChI is InChI=1S/C25H27N3O3S/c1-31-20-8-6-19(7-9-20)25(12-13-25)24(30)27-14-2-4-18(16-27)17-28-23(29)11-10-21(26-28)22-5-3-15-32-22/h3,5-11,15,18H,2,4,12-14,16-17H2,1H3/t18-/m1/s1. The number of ether oxygens (including phenoxy) is 1. The summed E-state index contributed by atoms with van der Waals surface area (Å²) in [4.78, 5) is 29.0. The maximum absolute atomic E-state index is 13.5. The van der Waals surface area contributed by atoms with Crippen LogP contribution in [-0.2, 0) is 16.8 Å². The van der Waals surface area contributed by atoms with Gasteiger partial charge in [0.05, 0.1) is 17.4 Å². The zero-order valence-corrected chi connectivity index (χ0v) is 19.0. The van der Waals surface area contributed by atoms with Gasteiger partial charge in [0.1, 0.15) is 11.4 Å². The largest absolute Gasteiger partial charge is 0.497 e. The quantitative estimate of drug-likeness (QED) is 0.572. The molecule has 1 aromatic carbocycles. The van der Waals surface area contributed by atoms with Gasteiger partial charge in [0.2, 0.25) is 5.91 Å². The van der Waals surface area contributed by atoms with Crippen LogP contribution in [0.25, 0.3) is 10.6 Å². The highest BCUT2D eigenvalue weighted by Crippen LogP contribution is 2.50. The normalized spacial score (nSPS) is 19.5. The predicted molar refractivity (Wildman–Crippen MR) is 125 cm³/mol. The molecule has 166 valence electrons. The first-order chi connectivity index (χ1) is 15.6. The van der Waals surface area contributed by atoms with Crippen LogP contribution in [0.3, 0.4) is 0 Å². The molecule has 1 atom stereocenters. The Hall–Kier alpha value is -2.93. The minimum atomic E-state index is -0.387. The summed E-state index contributed by atoms with van der Waals surface area (Å²) >= 11 is 1.61. The molecule has 2 aromatic heterocycles. The Labute approximate surface area is 191 Å². The average molecular weight is 450 g/mol. The molecule has 0 bridgehead atoms. The number of carbonyl (C=O) groups excluding carboxylic acids is 1. The summed E-state index contributed by atoms with van der Waals surface area (Å²) in [5.41, 5.74) is 1.42. The third-order valence-corrected chi connectivity index (χ3v) is 7.57. The van der Waals surface area contributed by atoms with Gasteiger partial charge in [0.25, 0.3) is 5.56 Å². The Morgan fingerprint density at radius 1 is 1.19 bits per heavy atom. The van der Waals surface area contributed by atoms with Gasteiger partial charge < -0.3 is 9.64 Å². The van der Waals surface area contributed by atoms with Crippen molar-refractivity contribution in [2.24, 2.45) is 5.92 Å². The van der Waals surface area contributed by atoms with Gasteiger partial charge in [-0.15, -0.1) is 11.3 Å². The van der Waals surface area contributed by atoms with Crippen LogP contribution >= 0.6 is 11.3 Å². The SMILES string of the molecule is COc1ccc(C2(C(=O)N3CCC[C@@H](Cn4nc(-c5cccs5)ccc4=O)C3)CC2)cc1. The van der Waals surface area contributed by atoms with Gasteiger partial charge in [-0.3, -0.25) is 9.59 Å². The number of thiophene rings is 1. The van der Waals surface area contributed by atoms with E-state index in [-0.39, 0.29) is 22.8 Å². The van der Waals surface area contributed by atoms with E-state index in [0.717, 1.165) is 54.1 Å². The maximum Gasteiger partial charge on any atom is 0.266 e. The second kappa shape index (κ2) is 8.54. The molecule has 1 saturated heterocycles. The molecular weight excluding hydrogens is 422 g/mol. The lowest BCUT2D eigenvalue weighted by molar-refractivity contribution is -0.136. The summed E-state index contributed by atoms with van der Waals surface area (Å²) in [5, 5.41) is 6.61. The Kier molecular flexibility index (Phi) is 5.59. The molecule has 32 heavy (non-hydrogen) atoms. The first-order valence-electron chi connectivity index (χ1n) is 11.1. The van der Waals surface area contributed by atoms with Gasteiger partial charge in [0.15, 0.2) is 0 Å². The summed E-state index contributed by atoms with van der Waals surface area (Å²) in [6.45, 7) is 2.00. The van der Waals surface area contributed by atoms with Crippen LogP contribution in [0, 0.1) is 5.92 Å². The Morgan fingerprint density at radius 3 is 2.69 bits per heavy atom. The Bertz CT molecular complexity index is 1150. The van der Waals surface area contributed by atoms with Crippen LogP contribution in [-0.4, -0.2) is 40.8 Å². The van der Waals surface area contributed by atoms with Gasteiger partial charge in [-0.1, -0.05) is 18.2 Å². The number of hydrogen-bond donors (Lipinski definition) is 0. The number of methoxy groups -OCH3 is 1. The Balaban J connectivity index is 1.30. The molecule has 2 fully saturated rings. The van der Waals surface area contributed by atoms with E-state index in [2.05, 4.69) is 5.10 Å². The highest BCUT2D eigenvalue weighted by molar-refractivity contribution is 7.13. The monoisotopic (exact) mass is 449 g/mol. The van der Waals surface area contributed by atoms with E-state index in [1.165, 1.54) is 0 Å². The highest BCUT2D eigenvalue weighted by atomic mass is 32.1. The van der Waals surface area contributed by atoms with E-state index in [1.54, 1.807) is 35.3 Å². The first-order valence-corrected chi connectivity index (χ1v) is 12.0.